The van der Waals surface area contributed by atoms with Crippen LogP contribution in [0.25, 0.3) is 78.2 Å². The van der Waals surface area contributed by atoms with E-state index in [9.17, 15) is 0 Å². The number of nitrogens with one attached hydrogen (secondary N) is 2. The molecule has 5 heterocycles. The molecule has 8 bridgehead atoms. The molecule has 6 heteroatoms. The Labute approximate surface area is 423 Å². The first-order valence-corrected chi connectivity index (χ1v) is 25.9. The van der Waals surface area contributed by atoms with E-state index in [1.54, 1.807) is 0 Å². The van der Waals surface area contributed by atoms with E-state index in [1.807, 2.05) is 0 Å². The van der Waals surface area contributed by atoms with Crippen molar-refractivity contribution in [2.45, 2.75) is 157 Å². The summed E-state index contributed by atoms with van der Waals surface area (Å²) in [5.41, 5.74) is 21.2. The number of halogens is 2. The summed E-state index contributed by atoms with van der Waals surface area (Å²) in [6, 6.07) is 30.3. The maximum absolute atomic E-state index is 5.73. The zero-order chi connectivity index (χ0) is 49.8. The topological polar surface area (TPSA) is 57.4 Å². The van der Waals surface area contributed by atoms with Crippen LogP contribution in [0.5, 0.6) is 0 Å². The van der Waals surface area contributed by atoms with Crippen LogP contribution >= 0.6 is 31.9 Å². The van der Waals surface area contributed by atoms with E-state index in [-0.39, 0.29) is 32.5 Å². The van der Waals surface area contributed by atoms with Gasteiger partial charge in [0.1, 0.15) is 0 Å². The number of fused-ring (bicyclic) bond motifs is 8. The van der Waals surface area contributed by atoms with Crippen molar-refractivity contribution in [1.82, 2.24) is 19.9 Å². The number of H-pyrrole nitrogens is 2. The highest BCUT2D eigenvalue weighted by atomic mass is 79.9. The van der Waals surface area contributed by atoms with Crippen molar-refractivity contribution in [2.24, 2.45) is 0 Å². The van der Waals surface area contributed by atoms with Gasteiger partial charge in [0, 0.05) is 42.2 Å². The molecule has 68 heavy (non-hydrogen) atoms. The van der Waals surface area contributed by atoms with Gasteiger partial charge in [0.15, 0.2) is 0 Å². The molecule has 0 saturated carbocycles. The molecule has 0 amide bonds. The normalized spacial score (nSPS) is 13.9. The summed E-state index contributed by atoms with van der Waals surface area (Å²) in [6.45, 7) is 41.5. The molecule has 2 aliphatic rings. The van der Waals surface area contributed by atoms with Gasteiger partial charge in [-0.3, -0.25) is 0 Å². The van der Waals surface area contributed by atoms with Crippen molar-refractivity contribution in [3.8, 4) is 33.4 Å². The first-order valence-electron chi connectivity index (χ1n) is 24.3. The molecule has 0 spiro atoms. The minimum Gasteiger partial charge on any atom is -0.354 e. The average Bonchev–Trinajstić information content (AvgIpc) is 4.02. The molecular weight excluding hydrogens is 961 g/mol. The van der Waals surface area contributed by atoms with E-state index in [0.717, 1.165) is 87.2 Å². The van der Waals surface area contributed by atoms with E-state index in [2.05, 4.69) is 264 Å². The Morgan fingerprint density at radius 2 is 0.676 bits per heavy atom. The molecule has 2 aliphatic heterocycles. The van der Waals surface area contributed by atoms with Crippen LogP contribution in [0.4, 0.5) is 0 Å². The number of rotatable bonds is 3. The van der Waals surface area contributed by atoms with Crippen LogP contribution in [0.3, 0.4) is 0 Å². The Morgan fingerprint density at radius 3 is 1.03 bits per heavy atom. The van der Waals surface area contributed by atoms with Crippen molar-refractivity contribution < 1.29 is 0 Å². The lowest BCUT2D eigenvalue weighted by Crippen LogP contribution is -2.16. The zero-order valence-electron chi connectivity index (χ0n) is 43.9. The third-order valence-corrected chi connectivity index (χ3v) is 14.9. The highest BCUT2D eigenvalue weighted by molar-refractivity contribution is 9.15. The second-order valence-electron chi connectivity index (χ2n) is 25.5. The number of aromatic amines is 2. The van der Waals surface area contributed by atoms with E-state index < -0.39 is 0 Å². The first kappa shape index (κ1) is 49.6. The van der Waals surface area contributed by atoms with Gasteiger partial charge in [-0.25, -0.2) is 9.97 Å². The Morgan fingerprint density at radius 1 is 0.353 bits per heavy atom. The lowest BCUT2D eigenvalue weighted by molar-refractivity contribution is 0.568. The summed E-state index contributed by atoms with van der Waals surface area (Å²) in [6.07, 6.45) is 6.62. The maximum atomic E-state index is 5.73. The van der Waals surface area contributed by atoms with E-state index in [1.165, 1.54) is 33.4 Å². The van der Waals surface area contributed by atoms with Crippen LogP contribution in [0.2, 0.25) is 0 Å². The number of benzene rings is 3. The number of hydrogen-bond acceptors (Lipinski definition) is 2. The molecular formula is C62H72Br2N4. The molecule has 0 aliphatic carbocycles. The van der Waals surface area contributed by atoms with Gasteiger partial charge in [-0.2, -0.15) is 0 Å². The highest BCUT2D eigenvalue weighted by Gasteiger charge is 2.28. The van der Waals surface area contributed by atoms with Crippen molar-refractivity contribution >= 4 is 76.6 Å². The Kier molecular flexibility index (Phi) is 12.4. The lowest BCUT2D eigenvalue weighted by Gasteiger charge is -2.26. The van der Waals surface area contributed by atoms with Crippen molar-refractivity contribution in [1.29, 1.82) is 0 Å². The molecule has 2 N–H and O–H groups in total. The van der Waals surface area contributed by atoms with Gasteiger partial charge in [-0.05, 0) is 157 Å². The third-order valence-electron chi connectivity index (χ3n) is 13.6. The van der Waals surface area contributed by atoms with E-state index in [4.69, 9.17) is 9.97 Å². The Balaban J connectivity index is 1.61. The molecule has 0 fully saturated rings. The smallest absolute Gasteiger partial charge is 0.0801 e. The van der Waals surface area contributed by atoms with Gasteiger partial charge in [0.25, 0.3) is 0 Å². The standard InChI is InChI=1S/C62H72Br2N4/c1-57(2,3)38-23-35(24-39(29-38)58(4,5)6)54-46-19-21-48(65-46)55(36-25-40(59(7,8)9)30-41(26-36)60(10,11)12)52-32-44(63)50(67-52)34-51-45(64)33-53(68-51)56(49-22-20-47(54)66-49)37-27-42(61(13,14)15)31-43(28-37)62(16,17)18/h19-34,65,68H,1-18H3. The largest absolute Gasteiger partial charge is 0.354 e. The van der Waals surface area contributed by atoms with Crippen LogP contribution in [-0.4, -0.2) is 19.9 Å². The lowest BCUT2D eigenvalue weighted by atomic mass is 9.78. The summed E-state index contributed by atoms with van der Waals surface area (Å²) in [5.74, 6) is 0. The molecule has 0 radical (unpaired) electrons. The van der Waals surface area contributed by atoms with Gasteiger partial charge in [-0.15, -0.1) is 0 Å². The molecule has 8 rings (SSSR count). The maximum Gasteiger partial charge on any atom is 0.0801 e. The molecule has 354 valence electrons. The fraction of sp³-hybridized carbons (Fsp3) is 0.387. The first-order chi connectivity index (χ1) is 31.3. The van der Waals surface area contributed by atoms with E-state index in [0.29, 0.717) is 0 Å². The van der Waals surface area contributed by atoms with Crippen LogP contribution in [0, 0.1) is 0 Å². The fourth-order valence-corrected chi connectivity index (χ4v) is 9.89. The van der Waals surface area contributed by atoms with Crippen molar-refractivity contribution in [2.75, 3.05) is 0 Å². The van der Waals surface area contributed by atoms with Crippen molar-refractivity contribution in [3.63, 3.8) is 0 Å². The van der Waals surface area contributed by atoms with Crippen LogP contribution in [0.1, 0.15) is 181 Å². The molecule has 0 unspecified atom stereocenters. The summed E-state index contributed by atoms with van der Waals surface area (Å²) in [7, 11) is 0. The van der Waals surface area contributed by atoms with Gasteiger partial charge in [0.2, 0.25) is 0 Å². The summed E-state index contributed by atoms with van der Waals surface area (Å²) in [4.78, 5) is 19.1. The van der Waals surface area contributed by atoms with Crippen LogP contribution in [0.15, 0.2) is 83.3 Å². The zero-order valence-corrected chi connectivity index (χ0v) is 47.1. The predicted molar refractivity (Wildman–Crippen MR) is 303 cm³/mol. The summed E-state index contributed by atoms with van der Waals surface area (Å²) >= 11 is 8.01. The highest BCUT2D eigenvalue weighted by Crippen LogP contribution is 2.44. The van der Waals surface area contributed by atoms with Crippen LogP contribution in [-0.2, 0) is 32.5 Å². The number of aromatic nitrogens is 4. The number of nitrogens with zero attached hydrogens (tertiary/aromatic N) is 2. The average molecular weight is 1030 g/mol. The fourth-order valence-electron chi connectivity index (χ4n) is 9.03. The minimum atomic E-state index is -0.0851. The van der Waals surface area contributed by atoms with Crippen molar-refractivity contribution in [3.05, 3.63) is 139 Å². The number of hydrogen-bond donors (Lipinski definition) is 2. The molecule has 3 aromatic heterocycles. The molecule has 6 aromatic rings. The quantitative estimate of drug-likeness (QED) is 0.185. The van der Waals surface area contributed by atoms with Gasteiger partial charge < -0.3 is 9.97 Å². The van der Waals surface area contributed by atoms with Gasteiger partial charge >= 0.3 is 0 Å². The molecule has 3 aromatic carbocycles. The predicted octanol–water partition coefficient (Wildman–Crippen LogP) is 18.9. The molecule has 4 nitrogen and oxygen atoms in total. The summed E-state index contributed by atoms with van der Waals surface area (Å²) < 4.78 is 1.87. The SMILES string of the molecule is CC(C)(C)c1cc(-c2c3nc(c(-c4cc(C(C)(C)C)cc(C(C)(C)C)c4)c4ccc([nH]4)c(-c4cc(C(C)(C)C)cc(C(C)(C)C)c4)c4nc(cc5[nH]c2cc5Br)C(Br)=C4)C=C3)cc(C(C)(C)C)c1. The second-order valence-corrected chi connectivity index (χ2v) is 27.2. The molecule has 0 saturated heterocycles. The third kappa shape index (κ3) is 9.97. The van der Waals surface area contributed by atoms with Crippen LogP contribution < -0.4 is 0 Å². The Hall–Kier alpha value is -4.78. The van der Waals surface area contributed by atoms with Gasteiger partial charge in [-0.1, -0.05) is 179 Å². The van der Waals surface area contributed by atoms with E-state index >= 15 is 0 Å². The Bertz CT molecular complexity index is 3140. The second kappa shape index (κ2) is 17.0. The van der Waals surface area contributed by atoms with Gasteiger partial charge in [0.05, 0.1) is 28.3 Å². The monoisotopic (exact) mass is 1030 g/mol. The summed E-state index contributed by atoms with van der Waals surface area (Å²) in [5, 5.41) is 0. The molecule has 0 atom stereocenters. The minimum absolute atomic E-state index is 0.0739.